The molecule has 0 saturated carbocycles. The Labute approximate surface area is 275 Å². The number of carbonyl (C=O) groups excluding carboxylic acids is 3. The summed E-state index contributed by atoms with van der Waals surface area (Å²) in [6.07, 6.45) is 0.712. The summed E-state index contributed by atoms with van der Waals surface area (Å²) in [6.45, 7) is 2.54. The Kier molecular flexibility index (Phi) is 9.67. The second-order valence-electron chi connectivity index (χ2n) is 11.5. The van der Waals surface area contributed by atoms with Crippen LogP contribution in [0.3, 0.4) is 0 Å². The van der Waals surface area contributed by atoms with Crippen LogP contribution in [0.4, 0.5) is 4.39 Å². The third-order valence-corrected chi connectivity index (χ3v) is 9.07. The zero-order valence-corrected chi connectivity index (χ0v) is 26.9. The minimum Gasteiger partial charge on any atom is -0.496 e. The number of thiazole rings is 1. The van der Waals surface area contributed by atoms with Gasteiger partial charge in [0.2, 0.25) is 5.91 Å². The van der Waals surface area contributed by atoms with Gasteiger partial charge in [0.1, 0.15) is 29.2 Å². The molecular weight excluding hydrogens is 623 g/mol. The number of piperidine rings is 1. The fourth-order valence-electron chi connectivity index (χ4n) is 5.76. The van der Waals surface area contributed by atoms with Crippen LogP contribution in [0.1, 0.15) is 39.5 Å². The number of nitrogens with zero attached hydrogens (tertiary/aromatic N) is 2. The molecule has 3 aromatic carbocycles. The lowest BCUT2D eigenvalue weighted by molar-refractivity contribution is -0.133. The van der Waals surface area contributed by atoms with Crippen molar-refractivity contribution in [3.05, 3.63) is 93.7 Å². The fourth-order valence-corrected chi connectivity index (χ4v) is 6.40. The number of amides is 3. The number of ether oxygens (including phenoxy) is 3. The van der Waals surface area contributed by atoms with E-state index in [-0.39, 0.29) is 43.5 Å². The van der Waals surface area contributed by atoms with Crippen LogP contribution in [0.15, 0.2) is 66.0 Å². The van der Waals surface area contributed by atoms with E-state index in [1.165, 1.54) is 19.2 Å². The van der Waals surface area contributed by atoms with Crippen molar-refractivity contribution in [2.75, 3.05) is 26.8 Å². The van der Waals surface area contributed by atoms with E-state index in [2.05, 4.69) is 15.6 Å². The van der Waals surface area contributed by atoms with Gasteiger partial charge in [-0.2, -0.15) is 0 Å². The SMILES string of the molecule is COc1cc2ccc1CNC(=O)COc1cccc(c1)-c1ccc(F)c(c1)C(=O)N[C@@H]1CN(C(=O)CCc3csc(C)n3)CC[C@@H]1O2. The Bertz CT molecular complexity index is 1800. The largest absolute Gasteiger partial charge is 0.496 e. The number of fused-ring (bicyclic) bond motifs is 7. The molecule has 3 amide bonds. The van der Waals surface area contributed by atoms with Crippen LogP contribution in [-0.2, 0) is 22.6 Å². The lowest BCUT2D eigenvalue weighted by atomic mass is 9.99. The van der Waals surface area contributed by atoms with Gasteiger partial charge in [-0.1, -0.05) is 18.2 Å². The number of rotatable bonds is 4. The van der Waals surface area contributed by atoms with Gasteiger partial charge >= 0.3 is 0 Å². The summed E-state index contributed by atoms with van der Waals surface area (Å²) in [6, 6.07) is 16.0. The molecule has 10 nitrogen and oxygen atoms in total. The van der Waals surface area contributed by atoms with Crippen molar-refractivity contribution >= 4 is 29.1 Å². The molecule has 47 heavy (non-hydrogen) atoms. The highest BCUT2D eigenvalue weighted by Crippen LogP contribution is 2.29. The second-order valence-corrected chi connectivity index (χ2v) is 12.5. The van der Waals surface area contributed by atoms with Gasteiger partial charge in [0.15, 0.2) is 6.61 Å². The predicted octanol–water partition coefficient (Wildman–Crippen LogP) is 4.69. The molecule has 0 unspecified atom stereocenters. The Balaban J connectivity index is 1.30. The van der Waals surface area contributed by atoms with E-state index >= 15 is 4.39 Å². The smallest absolute Gasteiger partial charge is 0.258 e. The van der Waals surface area contributed by atoms with Gasteiger partial charge in [-0.3, -0.25) is 14.4 Å². The summed E-state index contributed by atoms with van der Waals surface area (Å²) in [4.78, 5) is 45.8. The van der Waals surface area contributed by atoms with Crippen LogP contribution >= 0.6 is 11.3 Å². The van der Waals surface area contributed by atoms with Gasteiger partial charge in [-0.05, 0) is 60.9 Å². The van der Waals surface area contributed by atoms with Gasteiger partial charge in [-0.25, -0.2) is 9.37 Å². The number of likely N-dealkylation sites (tertiary alicyclic amines) is 1. The summed E-state index contributed by atoms with van der Waals surface area (Å²) >= 11 is 1.55. The fraction of sp³-hybridized carbons (Fsp3) is 0.314. The summed E-state index contributed by atoms with van der Waals surface area (Å²) < 4.78 is 32.9. The van der Waals surface area contributed by atoms with Crippen molar-refractivity contribution in [3.63, 3.8) is 0 Å². The Morgan fingerprint density at radius 3 is 2.77 bits per heavy atom. The molecule has 4 heterocycles. The van der Waals surface area contributed by atoms with Gasteiger partial charge in [0, 0.05) is 49.5 Å². The lowest BCUT2D eigenvalue weighted by Gasteiger charge is -2.39. The second kappa shape index (κ2) is 14.2. The molecule has 3 aliphatic heterocycles. The van der Waals surface area contributed by atoms with Crippen molar-refractivity contribution in [3.8, 4) is 28.4 Å². The van der Waals surface area contributed by atoms with E-state index in [4.69, 9.17) is 14.2 Å². The van der Waals surface area contributed by atoms with Crippen molar-refractivity contribution in [2.24, 2.45) is 0 Å². The maximum atomic E-state index is 15.2. The molecule has 244 valence electrons. The van der Waals surface area contributed by atoms with E-state index in [0.717, 1.165) is 16.3 Å². The number of hydrogen-bond acceptors (Lipinski definition) is 8. The first-order chi connectivity index (χ1) is 22.7. The number of carbonyl (C=O) groups is 3. The Hall–Kier alpha value is -4.97. The lowest BCUT2D eigenvalue weighted by Crippen LogP contribution is -2.58. The average Bonchev–Trinajstić information content (AvgIpc) is 3.50. The van der Waals surface area contributed by atoms with E-state index in [1.54, 1.807) is 58.7 Å². The molecule has 0 radical (unpaired) electrons. The summed E-state index contributed by atoms with van der Waals surface area (Å²) in [5.41, 5.74) is 2.74. The molecule has 0 spiro atoms. The molecule has 6 bridgehead atoms. The minimum atomic E-state index is -0.683. The zero-order valence-electron chi connectivity index (χ0n) is 26.1. The van der Waals surface area contributed by atoms with E-state index in [9.17, 15) is 14.4 Å². The van der Waals surface area contributed by atoms with Gasteiger partial charge < -0.3 is 29.7 Å². The maximum absolute atomic E-state index is 15.2. The molecule has 0 aliphatic carbocycles. The first-order valence-electron chi connectivity index (χ1n) is 15.4. The molecule has 2 N–H and O–H groups in total. The number of hydrogen-bond donors (Lipinski definition) is 2. The van der Waals surface area contributed by atoms with Crippen LogP contribution < -0.4 is 24.8 Å². The van der Waals surface area contributed by atoms with Gasteiger partial charge in [0.25, 0.3) is 11.8 Å². The van der Waals surface area contributed by atoms with E-state index in [0.29, 0.717) is 47.8 Å². The highest BCUT2D eigenvalue weighted by molar-refractivity contribution is 7.09. The highest BCUT2D eigenvalue weighted by atomic mass is 32.1. The number of benzene rings is 3. The predicted molar refractivity (Wildman–Crippen MR) is 174 cm³/mol. The summed E-state index contributed by atoms with van der Waals surface area (Å²) in [5, 5.41) is 8.72. The molecule has 12 heteroatoms. The van der Waals surface area contributed by atoms with Crippen LogP contribution in [0.5, 0.6) is 17.2 Å². The van der Waals surface area contributed by atoms with Crippen molar-refractivity contribution in [1.82, 2.24) is 20.5 Å². The quantitative estimate of drug-likeness (QED) is 0.327. The van der Waals surface area contributed by atoms with Crippen molar-refractivity contribution < 1.29 is 33.0 Å². The summed E-state index contributed by atoms with van der Waals surface area (Å²) in [5.74, 6) is -0.239. The monoisotopic (exact) mass is 658 g/mol. The van der Waals surface area contributed by atoms with Crippen LogP contribution in [0, 0.1) is 12.7 Å². The molecule has 1 fully saturated rings. The summed E-state index contributed by atoms with van der Waals surface area (Å²) in [7, 11) is 1.53. The third kappa shape index (κ3) is 7.71. The van der Waals surface area contributed by atoms with Crippen molar-refractivity contribution in [1.29, 1.82) is 0 Å². The first kappa shape index (κ1) is 32.0. The number of nitrogens with one attached hydrogen (secondary N) is 2. The van der Waals surface area contributed by atoms with E-state index < -0.39 is 23.9 Å². The number of aryl methyl sites for hydroxylation is 2. The van der Waals surface area contributed by atoms with Gasteiger partial charge in [-0.15, -0.1) is 11.3 Å². The Morgan fingerprint density at radius 1 is 1.11 bits per heavy atom. The normalized spacial score (nSPS) is 18.2. The standard InChI is InChI=1S/C35H35FN4O6S/c1-21-38-25(20-47-21)8-11-34(42)40-13-12-31-30(18-40)39-35(43)28-15-23(7-10-29(28)36)22-4-3-5-26(14-22)45-19-33(41)37-17-24-6-9-27(46-31)16-32(24)44-2/h3-7,9-10,14-16,20,30-31H,8,11-13,17-19H2,1-2H3,(H,37,41)(H,39,43)/t30-,31+/m1/s1. The highest BCUT2D eigenvalue weighted by Gasteiger charge is 2.35. The average molecular weight is 659 g/mol. The van der Waals surface area contributed by atoms with Gasteiger partial charge in [0.05, 0.1) is 29.4 Å². The first-order valence-corrected chi connectivity index (χ1v) is 16.3. The molecular formula is C35H35FN4O6S. The topological polar surface area (TPSA) is 119 Å². The Morgan fingerprint density at radius 2 is 1.96 bits per heavy atom. The van der Waals surface area contributed by atoms with Crippen LogP contribution in [0.2, 0.25) is 0 Å². The molecule has 7 rings (SSSR count). The molecule has 2 atom stereocenters. The number of methoxy groups -OCH3 is 1. The molecule has 1 aromatic heterocycles. The number of halogens is 1. The third-order valence-electron chi connectivity index (χ3n) is 8.25. The molecule has 1 saturated heterocycles. The minimum absolute atomic E-state index is 0.0573. The van der Waals surface area contributed by atoms with Crippen LogP contribution in [-0.4, -0.2) is 66.6 Å². The number of aromatic nitrogens is 1. The van der Waals surface area contributed by atoms with Crippen LogP contribution in [0.25, 0.3) is 11.1 Å². The van der Waals surface area contributed by atoms with Crippen molar-refractivity contribution in [2.45, 2.75) is 44.9 Å². The molecule has 4 aromatic rings. The maximum Gasteiger partial charge on any atom is 0.258 e. The van der Waals surface area contributed by atoms with E-state index in [1.807, 2.05) is 18.4 Å². The molecule has 3 aliphatic rings. The zero-order chi connectivity index (χ0) is 32.9.